The fraction of sp³-hybridized carbons (Fsp3) is 0.786. The first-order chi connectivity index (χ1) is 10.8. The van der Waals surface area contributed by atoms with Crippen LogP contribution in [0.3, 0.4) is 0 Å². The maximum atomic E-state index is 13.3. The van der Waals surface area contributed by atoms with Crippen molar-refractivity contribution in [1.29, 1.82) is 0 Å². The van der Waals surface area contributed by atoms with E-state index >= 15 is 0 Å². The fourth-order valence-corrected chi connectivity index (χ4v) is 3.07. The number of halogens is 2. The van der Waals surface area contributed by atoms with Gasteiger partial charge in [0.1, 0.15) is 11.6 Å². The van der Waals surface area contributed by atoms with Crippen LogP contribution in [0.25, 0.3) is 0 Å². The molecule has 9 heteroatoms. The topological polar surface area (TPSA) is 72.3 Å². The maximum absolute atomic E-state index is 13.3. The Balaban J connectivity index is 1.60. The van der Waals surface area contributed by atoms with Gasteiger partial charge in [-0.05, 0) is 13.8 Å². The van der Waals surface area contributed by atoms with E-state index in [4.69, 9.17) is 4.74 Å². The lowest BCUT2D eigenvalue weighted by atomic mass is 10.1. The summed E-state index contributed by atoms with van der Waals surface area (Å²) < 4.78 is 33.9. The summed E-state index contributed by atoms with van der Waals surface area (Å²) in [5, 5.41) is 6.89. The third-order valence-corrected chi connectivity index (χ3v) is 4.20. The van der Waals surface area contributed by atoms with Gasteiger partial charge in [-0.1, -0.05) is 0 Å². The molecule has 2 unspecified atom stereocenters. The quantitative estimate of drug-likeness (QED) is 0.853. The number of hydrogen-bond acceptors (Lipinski definition) is 5. The number of rotatable bonds is 3. The number of carbonyl (C=O) groups is 1. The number of amides is 1. The smallest absolute Gasteiger partial charge is 0.262 e. The van der Waals surface area contributed by atoms with Crippen LogP contribution in [0.4, 0.5) is 8.78 Å². The van der Waals surface area contributed by atoms with Crippen LogP contribution in [0, 0.1) is 13.8 Å². The van der Waals surface area contributed by atoms with Gasteiger partial charge in [-0.15, -0.1) is 0 Å². The molecule has 7 nitrogen and oxygen atoms in total. The van der Waals surface area contributed by atoms with Gasteiger partial charge >= 0.3 is 0 Å². The molecule has 23 heavy (non-hydrogen) atoms. The first kappa shape index (κ1) is 16.3. The lowest BCUT2D eigenvalue weighted by Gasteiger charge is -2.34. The van der Waals surface area contributed by atoms with Crippen LogP contribution in [-0.4, -0.2) is 69.9 Å². The first-order valence-corrected chi connectivity index (χ1v) is 7.74. The van der Waals surface area contributed by atoms with E-state index in [1.165, 1.54) is 0 Å². The van der Waals surface area contributed by atoms with Crippen LogP contribution in [0.15, 0.2) is 0 Å². The molecule has 0 radical (unpaired) electrons. The number of aryl methyl sites for hydroxylation is 2. The molecule has 0 bridgehead atoms. The van der Waals surface area contributed by atoms with Crippen LogP contribution >= 0.6 is 0 Å². The van der Waals surface area contributed by atoms with Gasteiger partial charge < -0.3 is 9.64 Å². The van der Waals surface area contributed by atoms with E-state index in [1.807, 2.05) is 13.8 Å². The monoisotopic (exact) mass is 329 g/mol. The second kappa shape index (κ2) is 6.12. The predicted molar refractivity (Wildman–Crippen MR) is 77.2 cm³/mol. The van der Waals surface area contributed by atoms with Crippen molar-refractivity contribution >= 4 is 5.91 Å². The molecule has 3 rings (SSSR count). The van der Waals surface area contributed by atoms with E-state index in [2.05, 4.69) is 15.4 Å². The number of nitrogens with zero attached hydrogens (tertiary/aromatic N) is 4. The highest BCUT2D eigenvalue weighted by molar-refractivity contribution is 5.82. The van der Waals surface area contributed by atoms with Crippen molar-refractivity contribution in [3.8, 4) is 0 Å². The maximum Gasteiger partial charge on any atom is 0.262 e. The molecule has 2 aliphatic heterocycles. The third-order valence-electron chi connectivity index (χ3n) is 4.20. The van der Waals surface area contributed by atoms with Crippen molar-refractivity contribution < 1.29 is 18.3 Å². The highest BCUT2D eigenvalue weighted by Crippen LogP contribution is 2.26. The minimum Gasteiger partial charge on any atom is -0.373 e. The van der Waals surface area contributed by atoms with Crippen LogP contribution < -0.4 is 5.32 Å². The van der Waals surface area contributed by atoms with Crippen LogP contribution in [0.5, 0.6) is 0 Å². The first-order valence-electron chi connectivity index (χ1n) is 7.74. The third kappa shape index (κ3) is 3.66. The predicted octanol–water partition coefficient (Wildman–Crippen LogP) is 0.120. The standard InChI is InChI=1S/C14H21F2N5O2/c1-9-18-10(2)21(19-9)7-11-6-20(3-4-23-11)13(22)12-5-14(15,16)8-17-12/h11-12,17H,3-8H2,1-2H3. The lowest BCUT2D eigenvalue weighted by molar-refractivity contribution is -0.141. The number of morpholine rings is 1. The molecule has 0 aromatic carbocycles. The average molecular weight is 329 g/mol. The summed E-state index contributed by atoms with van der Waals surface area (Å²) in [7, 11) is 0. The van der Waals surface area contributed by atoms with E-state index < -0.39 is 24.9 Å². The summed E-state index contributed by atoms with van der Waals surface area (Å²) >= 11 is 0. The Hall–Kier alpha value is -1.61. The van der Waals surface area contributed by atoms with Gasteiger partial charge in [0.2, 0.25) is 5.91 Å². The summed E-state index contributed by atoms with van der Waals surface area (Å²) in [5.74, 6) is -1.61. The fourth-order valence-electron chi connectivity index (χ4n) is 3.07. The van der Waals surface area contributed by atoms with Crippen molar-refractivity contribution in [1.82, 2.24) is 25.0 Å². The van der Waals surface area contributed by atoms with Gasteiger partial charge in [0.15, 0.2) is 0 Å². The number of carbonyl (C=O) groups excluding carboxylic acids is 1. The van der Waals surface area contributed by atoms with E-state index in [0.29, 0.717) is 32.1 Å². The zero-order chi connectivity index (χ0) is 16.6. The van der Waals surface area contributed by atoms with Crippen molar-refractivity contribution in [2.75, 3.05) is 26.2 Å². The molecular formula is C14H21F2N5O2. The molecule has 1 aromatic rings. The number of ether oxygens (including phenoxy) is 1. The lowest BCUT2D eigenvalue weighted by Crippen LogP contribution is -2.52. The van der Waals surface area contributed by atoms with E-state index in [9.17, 15) is 13.6 Å². The highest BCUT2D eigenvalue weighted by atomic mass is 19.3. The van der Waals surface area contributed by atoms with Crippen molar-refractivity contribution in [3.05, 3.63) is 11.6 Å². The highest BCUT2D eigenvalue weighted by Gasteiger charge is 2.44. The molecular weight excluding hydrogens is 308 g/mol. The summed E-state index contributed by atoms with van der Waals surface area (Å²) in [6.07, 6.45) is -0.649. The van der Waals surface area contributed by atoms with E-state index in [-0.39, 0.29) is 12.0 Å². The summed E-state index contributed by atoms with van der Waals surface area (Å²) in [6.45, 7) is 4.92. The molecule has 1 amide bonds. The Labute approximate surface area is 133 Å². The molecule has 0 spiro atoms. The van der Waals surface area contributed by atoms with E-state index in [0.717, 1.165) is 5.82 Å². The molecule has 2 aliphatic rings. The van der Waals surface area contributed by atoms with Crippen LogP contribution in [0.2, 0.25) is 0 Å². The Kier molecular flexibility index (Phi) is 4.33. The van der Waals surface area contributed by atoms with Crippen LogP contribution in [0.1, 0.15) is 18.1 Å². The molecule has 3 heterocycles. The minimum atomic E-state index is -2.80. The van der Waals surface area contributed by atoms with Gasteiger partial charge in [0.05, 0.1) is 31.8 Å². The van der Waals surface area contributed by atoms with Crippen molar-refractivity contribution in [2.24, 2.45) is 0 Å². The molecule has 128 valence electrons. The Morgan fingerprint density at radius 1 is 1.48 bits per heavy atom. The number of hydrogen-bond donors (Lipinski definition) is 1. The molecule has 1 N–H and O–H groups in total. The summed E-state index contributed by atoms with van der Waals surface area (Å²) in [6, 6.07) is -0.806. The number of alkyl halides is 2. The Morgan fingerprint density at radius 2 is 2.26 bits per heavy atom. The molecule has 0 saturated carbocycles. The Morgan fingerprint density at radius 3 is 2.87 bits per heavy atom. The van der Waals surface area contributed by atoms with Gasteiger partial charge in [-0.25, -0.2) is 18.4 Å². The number of aromatic nitrogens is 3. The largest absolute Gasteiger partial charge is 0.373 e. The molecule has 1 aromatic heterocycles. The summed E-state index contributed by atoms with van der Waals surface area (Å²) in [4.78, 5) is 18.2. The van der Waals surface area contributed by atoms with Gasteiger partial charge in [0, 0.05) is 19.5 Å². The second-order valence-corrected chi connectivity index (χ2v) is 6.16. The second-order valence-electron chi connectivity index (χ2n) is 6.16. The van der Waals surface area contributed by atoms with E-state index in [1.54, 1.807) is 9.58 Å². The van der Waals surface area contributed by atoms with Crippen LogP contribution in [-0.2, 0) is 16.1 Å². The zero-order valence-electron chi connectivity index (χ0n) is 13.3. The molecule has 0 aliphatic carbocycles. The van der Waals surface area contributed by atoms with Crippen molar-refractivity contribution in [3.63, 3.8) is 0 Å². The average Bonchev–Trinajstić information content (AvgIpc) is 3.00. The van der Waals surface area contributed by atoms with Crippen molar-refractivity contribution in [2.45, 2.75) is 44.9 Å². The summed E-state index contributed by atoms with van der Waals surface area (Å²) in [5.41, 5.74) is 0. The number of nitrogens with one attached hydrogen (secondary N) is 1. The molecule has 2 saturated heterocycles. The molecule has 2 atom stereocenters. The van der Waals surface area contributed by atoms with Gasteiger partial charge in [-0.2, -0.15) is 5.10 Å². The molecule has 2 fully saturated rings. The minimum absolute atomic E-state index is 0.214. The SMILES string of the molecule is Cc1nc(C)n(CC2CN(C(=O)C3CC(F)(F)CN3)CCO2)n1. The zero-order valence-corrected chi connectivity index (χ0v) is 13.3. The van der Waals surface area contributed by atoms with Gasteiger partial charge in [0.25, 0.3) is 5.92 Å². The normalized spacial score (nSPS) is 27.4. The van der Waals surface area contributed by atoms with Gasteiger partial charge in [-0.3, -0.25) is 10.1 Å². The Bertz CT molecular complexity index is 592.